The maximum atomic E-state index is 12.3. The monoisotopic (exact) mass is 326 g/mol. The minimum Gasteiger partial charge on any atom is -0.438 e. The van der Waals surface area contributed by atoms with E-state index >= 15 is 0 Å². The molecule has 0 saturated heterocycles. The zero-order valence-corrected chi connectivity index (χ0v) is 13.9. The molecule has 0 aromatic heterocycles. The summed E-state index contributed by atoms with van der Waals surface area (Å²) in [5.74, 6) is -1.06. The Labute approximate surface area is 124 Å². The van der Waals surface area contributed by atoms with E-state index in [2.05, 4.69) is 9.47 Å². The minimum absolute atomic E-state index is 0.0532. The van der Waals surface area contributed by atoms with Crippen molar-refractivity contribution in [3.8, 4) is 0 Å². The Bertz CT molecular complexity index is 381. The molecule has 0 spiro atoms. The Morgan fingerprint density at radius 3 is 2.00 bits per heavy atom. The highest BCUT2D eigenvalue weighted by molar-refractivity contribution is 7.48. The van der Waals surface area contributed by atoms with Gasteiger partial charge in [-0.15, -0.1) is 0 Å². The molecule has 0 fully saturated rings. The first-order valence-electron chi connectivity index (χ1n) is 6.56. The van der Waals surface area contributed by atoms with E-state index in [1.807, 2.05) is 13.8 Å². The summed E-state index contributed by atoms with van der Waals surface area (Å²) in [6.07, 6.45) is -0.277. The second-order valence-electron chi connectivity index (χ2n) is 4.50. The number of phosphoric acid groups is 1. The fourth-order valence-corrected chi connectivity index (χ4v) is 2.07. The molecule has 0 heterocycles. The number of hydrogen-bond acceptors (Lipinski definition) is 8. The lowest BCUT2D eigenvalue weighted by Crippen LogP contribution is -2.18. The zero-order chi connectivity index (χ0) is 16.5. The molecule has 124 valence electrons. The lowest BCUT2D eigenvalue weighted by Gasteiger charge is -2.23. The fourth-order valence-electron chi connectivity index (χ4n) is 0.856. The topological polar surface area (TPSA) is 97.4 Å². The van der Waals surface area contributed by atoms with Crippen LogP contribution in [0, 0.1) is 5.92 Å². The smallest absolute Gasteiger partial charge is 0.438 e. The van der Waals surface area contributed by atoms with Crippen molar-refractivity contribution in [1.29, 1.82) is 0 Å². The van der Waals surface area contributed by atoms with Gasteiger partial charge in [0.2, 0.25) is 13.6 Å². The van der Waals surface area contributed by atoms with Crippen LogP contribution in [0.4, 0.5) is 0 Å². The molecule has 0 aliphatic heterocycles. The average molecular weight is 326 g/mol. The maximum Gasteiger partial charge on any atom is 0.480 e. The first kappa shape index (κ1) is 20.1. The molecular weight excluding hydrogens is 303 g/mol. The first-order chi connectivity index (χ1) is 9.70. The molecule has 0 radical (unpaired) electrons. The van der Waals surface area contributed by atoms with Crippen LogP contribution < -0.4 is 0 Å². The third-order valence-electron chi connectivity index (χ3n) is 2.43. The second kappa shape index (κ2) is 9.89. The van der Waals surface area contributed by atoms with Crippen LogP contribution in [-0.2, 0) is 37.2 Å². The van der Waals surface area contributed by atoms with Crippen LogP contribution >= 0.6 is 7.82 Å². The summed E-state index contributed by atoms with van der Waals surface area (Å²) in [5.41, 5.74) is 0. The number of hydrogen-bond donors (Lipinski definition) is 0. The van der Waals surface area contributed by atoms with Gasteiger partial charge < -0.3 is 9.47 Å². The van der Waals surface area contributed by atoms with Gasteiger partial charge in [-0.25, -0.2) is 13.6 Å². The lowest BCUT2D eigenvalue weighted by atomic mass is 10.1. The molecule has 0 amide bonds. The van der Waals surface area contributed by atoms with Gasteiger partial charge in [-0.05, 0) is 12.8 Å². The standard InChI is InChI=1S/C12H23O8P/c1-6-12(14)17-8-19-21(15,18-7-16-11(5)13)20-10(4)9(2)3/h9-10H,6-8H2,1-5H3. The summed E-state index contributed by atoms with van der Waals surface area (Å²) < 4.78 is 36.5. The van der Waals surface area contributed by atoms with Crippen molar-refractivity contribution in [3.05, 3.63) is 0 Å². The molecule has 0 saturated carbocycles. The molecule has 2 atom stereocenters. The van der Waals surface area contributed by atoms with Crippen molar-refractivity contribution < 1.29 is 37.2 Å². The van der Waals surface area contributed by atoms with Crippen LogP contribution in [0.3, 0.4) is 0 Å². The van der Waals surface area contributed by atoms with E-state index in [1.54, 1.807) is 13.8 Å². The summed E-state index contributed by atoms with van der Waals surface area (Å²) in [6.45, 7) is 7.03. The molecular formula is C12H23O8P. The third-order valence-corrected chi connectivity index (χ3v) is 3.86. The quantitative estimate of drug-likeness (QED) is 0.343. The number of ether oxygens (including phenoxy) is 2. The van der Waals surface area contributed by atoms with Crippen molar-refractivity contribution >= 4 is 19.8 Å². The number of rotatable bonds is 10. The Balaban J connectivity index is 4.54. The van der Waals surface area contributed by atoms with Crippen molar-refractivity contribution in [2.45, 2.75) is 47.1 Å². The van der Waals surface area contributed by atoms with E-state index in [-0.39, 0.29) is 12.3 Å². The highest BCUT2D eigenvalue weighted by atomic mass is 31.2. The Hall–Kier alpha value is -0.950. The fraction of sp³-hybridized carbons (Fsp3) is 0.833. The van der Waals surface area contributed by atoms with Crippen molar-refractivity contribution in [2.24, 2.45) is 5.92 Å². The van der Waals surface area contributed by atoms with Crippen LogP contribution in [0.25, 0.3) is 0 Å². The number of carbonyl (C=O) groups is 2. The molecule has 9 heteroatoms. The highest BCUT2D eigenvalue weighted by Crippen LogP contribution is 2.51. The van der Waals surface area contributed by atoms with Crippen molar-refractivity contribution in [1.82, 2.24) is 0 Å². The Morgan fingerprint density at radius 2 is 1.57 bits per heavy atom. The second-order valence-corrected chi connectivity index (χ2v) is 6.12. The molecule has 8 nitrogen and oxygen atoms in total. The molecule has 0 rings (SSSR count). The van der Waals surface area contributed by atoms with Crippen molar-refractivity contribution in [2.75, 3.05) is 13.6 Å². The Kier molecular flexibility index (Phi) is 9.44. The number of carbonyl (C=O) groups excluding carboxylic acids is 2. The van der Waals surface area contributed by atoms with Gasteiger partial charge >= 0.3 is 19.8 Å². The SMILES string of the molecule is CCC(=O)OCOP(=O)(OCOC(C)=O)OC(C)C(C)C. The Morgan fingerprint density at radius 1 is 1.05 bits per heavy atom. The summed E-state index contributed by atoms with van der Waals surface area (Å²) in [6, 6.07) is 0. The largest absolute Gasteiger partial charge is 0.480 e. The zero-order valence-electron chi connectivity index (χ0n) is 13.0. The van der Waals surface area contributed by atoms with Crippen LogP contribution in [-0.4, -0.2) is 31.6 Å². The van der Waals surface area contributed by atoms with Gasteiger partial charge in [-0.1, -0.05) is 20.8 Å². The van der Waals surface area contributed by atoms with Gasteiger partial charge in [0.25, 0.3) is 0 Å². The normalized spacial score (nSPS) is 15.3. The molecule has 2 unspecified atom stereocenters. The van der Waals surface area contributed by atoms with E-state index in [0.717, 1.165) is 0 Å². The average Bonchev–Trinajstić information content (AvgIpc) is 2.37. The van der Waals surface area contributed by atoms with E-state index < -0.39 is 39.5 Å². The van der Waals surface area contributed by atoms with E-state index in [1.165, 1.54) is 6.92 Å². The van der Waals surface area contributed by atoms with E-state index in [9.17, 15) is 14.2 Å². The van der Waals surface area contributed by atoms with Gasteiger partial charge in [0.1, 0.15) is 0 Å². The molecule has 0 aromatic rings. The van der Waals surface area contributed by atoms with Crippen LogP contribution in [0.5, 0.6) is 0 Å². The summed E-state index contributed by atoms with van der Waals surface area (Å²) in [7, 11) is -4.01. The van der Waals surface area contributed by atoms with Gasteiger partial charge in [0.05, 0.1) is 6.10 Å². The lowest BCUT2D eigenvalue weighted by molar-refractivity contribution is -0.152. The number of esters is 2. The van der Waals surface area contributed by atoms with Gasteiger partial charge in [-0.2, -0.15) is 0 Å². The van der Waals surface area contributed by atoms with Crippen LogP contribution in [0.15, 0.2) is 0 Å². The number of phosphoric ester groups is 1. The van der Waals surface area contributed by atoms with Crippen LogP contribution in [0.2, 0.25) is 0 Å². The molecule has 0 aromatic carbocycles. The molecule has 0 bridgehead atoms. The highest BCUT2D eigenvalue weighted by Gasteiger charge is 2.31. The van der Waals surface area contributed by atoms with E-state index in [0.29, 0.717) is 0 Å². The predicted octanol–water partition coefficient (Wildman–Crippen LogP) is 2.62. The molecule has 21 heavy (non-hydrogen) atoms. The summed E-state index contributed by atoms with van der Waals surface area (Å²) in [4.78, 5) is 21.6. The predicted molar refractivity (Wildman–Crippen MR) is 73.0 cm³/mol. The first-order valence-corrected chi connectivity index (χ1v) is 8.02. The molecule has 0 aliphatic rings. The third kappa shape index (κ3) is 9.57. The van der Waals surface area contributed by atoms with Crippen molar-refractivity contribution in [3.63, 3.8) is 0 Å². The maximum absolute atomic E-state index is 12.3. The molecule has 0 aliphatic carbocycles. The summed E-state index contributed by atoms with van der Waals surface area (Å²) in [5, 5.41) is 0. The van der Waals surface area contributed by atoms with Gasteiger partial charge in [-0.3, -0.25) is 14.1 Å². The van der Waals surface area contributed by atoms with Crippen LogP contribution in [0.1, 0.15) is 41.0 Å². The molecule has 0 N–H and O–H groups in total. The van der Waals surface area contributed by atoms with Gasteiger partial charge in [0.15, 0.2) is 0 Å². The minimum atomic E-state index is -4.01. The van der Waals surface area contributed by atoms with E-state index in [4.69, 9.17) is 13.6 Å². The summed E-state index contributed by atoms with van der Waals surface area (Å²) >= 11 is 0. The van der Waals surface area contributed by atoms with Gasteiger partial charge in [0, 0.05) is 13.3 Å².